The number of nitrogens with two attached hydrogens (primary N) is 1. The Hall–Kier alpha value is -3.59. The molecule has 3 heterocycles. The third-order valence-corrected chi connectivity index (χ3v) is 8.09. The second-order valence-electron chi connectivity index (χ2n) is 10.8. The molecule has 1 saturated heterocycles. The molecule has 0 spiro atoms. The number of nitrogens with zero attached hydrogens (tertiary/aromatic N) is 4. The Kier molecular flexibility index (Phi) is 9.35. The standard InChI is InChI=1S/C31H39F2N5O2/c1-19-8-11-35-17-23(19)18-38(26-15-27(32)30(40-5)28(33)16-26)25-9-12-37(13-10-25)21(3)6-7-24-14-20(2)29(31(34)39)22(4)36-24/h8,11,14-17,21,25H,6-7,9-10,12-13,18H2,1-5H3,(H2,34,39)/t21-/m1/s1. The summed E-state index contributed by atoms with van der Waals surface area (Å²) in [7, 11) is 1.27. The molecule has 0 radical (unpaired) electrons. The molecule has 40 heavy (non-hydrogen) atoms. The van der Waals surface area contributed by atoms with Crippen LogP contribution in [-0.4, -0.2) is 53.1 Å². The number of carbonyl (C=O) groups is 1. The molecule has 0 bridgehead atoms. The molecule has 1 amide bonds. The number of piperidine rings is 1. The number of aryl methyl sites for hydroxylation is 4. The van der Waals surface area contributed by atoms with Gasteiger partial charge in [0.15, 0.2) is 17.4 Å². The number of hydrogen-bond acceptors (Lipinski definition) is 6. The quantitative estimate of drug-likeness (QED) is 0.369. The van der Waals surface area contributed by atoms with E-state index in [9.17, 15) is 13.6 Å². The predicted octanol–water partition coefficient (Wildman–Crippen LogP) is 5.28. The average molecular weight is 552 g/mol. The van der Waals surface area contributed by atoms with Gasteiger partial charge in [-0.05, 0) is 82.2 Å². The summed E-state index contributed by atoms with van der Waals surface area (Å²) in [5, 5.41) is 0. The van der Waals surface area contributed by atoms with Gasteiger partial charge in [-0.1, -0.05) is 0 Å². The SMILES string of the molecule is COc1c(F)cc(N(Cc2cnccc2C)C2CCN([C@H](C)CCc3cc(C)c(C(N)=O)c(C)n3)CC2)cc1F. The highest BCUT2D eigenvalue weighted by Crippen LogP contribution is 2.32. The van der Waals surface area contributed by atoms with E-state index in [0.717, 1.165) is 61.2 Å². The summed E-state index contributed by atoms with van der Waals surface area (Å²) >= 11 is 0. The molecule has 2 aromatic heterocycles. The minimum absolute atomic E-state index is 0.114. The van der Waals surface area contributed by atoms with E-state index in [1.165, 1.54) is 19.2 Å². The first-order chi connectivity index (χ1) is 19.1. The van der Waals surface area contributed by atoms with Gasteiger partial charge in [0.2, 0.25) is 0 Å². The Morgan fingerprint density at radius 3 is 2.40 bits per heavy atom. The smallest absolute Gasteiger partial charge is 0.250 e. The number of hydrogen-bond donors (Lipinski definition) is 1. The summed E-state index contributed by atoms with van der Waals surface area (Å²) in [4.78, 5) is 25.2. The molecule has 1 aliphatic heterocycles. The van der Waals surface area contributed by atoms with Crippen LogP contribution < -0.4 is 15.4 Å². The van der Waals surface area contributed by atoms with Gasteiger partial charge in [0.05, 0.1) is 18.4 Å². The van der Waals surface area contributed by atoms with Crippen molar-refractivity contribution in [3.05, 3.63) is 81.9 Å². The first kappa shape index (κ1) is 29.4. The number of pyridine rings is 2. The third-order valence-electron chi connectivity index (χ3n) is 8.09. The molecule has 1 aromatic carbocycles. The summed E-state index contributed by atoms with van der Waals surface area (Å²) in [5.74, 6) is -2.23. The molecule has 0 unspecified atom stereocenters. The Bertz CT molecular complexity index is 1310. The van der Waals surface area contributed by atoms with E-state index in [4.69, 9.17) is 10.5 Å². The molecule has 0 saturated carbocycles. The van der Waals surface area contributed by atoms with Crippen molar-refractivity contribution >= 4 is 11.6 Å². The van der Waals surface area contributed by atoms with Crippen molar-refractivity contribution in [2.45, 2.75) is 72.0 Å². The fourth-order valence-corrected chi connectivity index (χ4v) is 5.77. The lowest BCUT2D eigenvalue weighted by molar-refractivity contribution is 0.0998. The first-order valence-corrected chi connectivity index (χ1v) is 13.8. The van der Waals surface area contributed by atoms with Crippen LogP contribution in [-0.2, 0) is 13.0 Å². The van der Waals surface area contributed by atoms with Gasteiger partial charge in [0, 0.05) is 67.6 Å². The van der Waals surface area contributed by atoms with Gasteiger partial charge in [0.25, 0.3) is 5.91 Å². The van der Waals surface area contributed by atoms with Crippen LogP contribution in [0.5, 0.6) is 5.75 Å². The molecule has 214 valence electrons. The summed E-state index contributed by atoms with van der Waals surface area (Å²) in [6.45, 7) is 10.2. The fourth-order valence-electron chi connectivity index (χ4n) is 5.77. The van der Waals surface area contributed by atoms with Gasteiger partial charge in [-0.15, -0.1) is 0 Å². The van der Waals surface area contributed by atoms with Crippen molar-refractivity contribution in [1.29, 1.82) is 0 Å². The second-order valence-corrected chi connectivity index (χ2v) is 10.8. The number of aromatic nitrogens is 2. The van der Waals surface area contributed by atoms with Crippen molar-refractivity contribution < 1.29 is 18.3 Å². The Labute approximate surface area is 235 Å². The topological polar surface area (TPSA) is 84.6 Å². The number of carbonyl (C=O) groups excluding carboxylic acids is 1. The minimum Gasteiger partial charge on any atom is -0.491 e. The monoisotopic (exact) mass is 551 g/mol. The number of ether oxygens (including phenoxy) is 1. The zero-order valence-electron chi connectivity index (χ0n) is 24.0. The first-order valence-electron chi connectivity index (χ1n) is 13.8. The highest BCUT2D eigenvalue weighted by molar-refractivity contribution is 5.95. The normalized spacial score (nSPS) is 15.2. The lowest BCUT2D eigenvalue weighted by atomic mass is 9.98. The van der Waals surface area contributed by atoms with E-state index in [1.807, 2.05) is 39.1 Å². The largest absolute Gasteiger partial charge is 0.491 e. The van der Waals surface area contributed by atoms with E-state index < -0.39 is 17.5 Å². The Morgan fingerprint density at radius 2 is 1.82 bits per heavy atom. The van der Waals surface area contributed by atoms with E-state index in [1.54, 1.807) is 6.20 Å². The molecule has 0 aliphatic carbocycles. The summed E-state index contributed by atoms with van der Waals surface area (Å²) in [6, 6.07) is 7.09. The lowest BCUT2D eigenvalue weighted by Gasteiger charge is -2.42. The maximum atomic E-state index is 14.7. The maximum absolute atomic E-state index is 14.7. The number of primary amides is 1. The molecule has 7 nitrogen and oxygen atoms in total. The summed E-state index contributed by atoms with van der Waals surface area (Å²) in [6.07, 6.45) is 7.03. The summed E-state index contributed by atoms with van der Waals surface area (Å²) in [5.41, 5.74) is 11.1. The van der Waals surface area contributed by atoms with Crippen LogP contribution in [0.1, 0.15) is 64.6 Å². The third kappa shape index (κ3) is 6.58. The molecular weight excluding hydrogens is 512 g/mol. The van der Waals surface area contributed by atoms with Crippen LogP contribution >= 0.6 is 0 Å². The molecule has 1 aliphatic rings. The van der Waals surface area contributed by atoms with Crippen LogP contribution in [0, 0.1) is 32.4 Å². The molecule has 9 heteroatoms. The number of halogens is 2. The molecule has 1 atom stereocenters. The predicted molar refractivity (Wildman–Crippen MR) is 153 cm³/mol. The second kappa shape index (κ2) is 12.7. The van der Waals surface area contributed by atoms with Crippen LogP contribution in [0.4, 0.5) is 14.5 Å². The van der Waals surface area contributed by atoms with Gasteiger partial charge >= 0.3 is 0 Å². The van der Waals surface area contributed by atoms with Crippen LogP contribution in [0.3, 0.4) is 0 Å². The number of anilines is 1. The van der Waals surface area contributed by atoms with Crippen molar-refractivity contribution in [3.63, 3.8) is 0 Å². The number of rotatable bonds is 10. The minimum atomic E-state index is -0.709. The van der Waals surface area contributed by atoms with Gasteiger partial charge in [0.1, 0.15) is 0 Å². The number of likely N-dealkylation sites (tertiary alicyclic amines) is 1. The Morgan fingerprint density at radius 1 is 1.15 bits per heavy atom. The van der Waals surface area contributed by atoms with E-state index >= 15 is 0 Å². The maximum Gasteiger partial charge on any atom is 0.250 e. The number of methoxy groups -OCH3 is 1. The van der Waals surface area contributed by atoms with Crippen LogP contribution in [0.15, 0.2) is 36.7 Å². The Balaban J connectivity index is 1.45. The van der Waals surface area contributed by atoms with Crippen molar-refractivity contribution in [2.24, 2.45) is 5.73 Å². The molecule has 1 fully saturated rings. The molecular formula is C31H39F2N5O2. The lowest BCUT2D eigenvalue weighted by Crippen LogP contribution is -2.47. The van der Waals surface area contributed by atoms with Crippen LogP contribution in [0.25, 0.3) is 0 Å². The molecule has 2 N–H and O–H groups in total. The van der Waals surface area contributed by atoms with Gasteiger partial charge < -0.3 is 20.3 Å². The summed E-state index contributed by atoms with van der Waals surface area (Å²) < 4.78 is 34.3. The zero-order valence-corrected chi connectivity index (χ0v) is 24.0. The van der Waals surface area contributed by atoms with Gasteiger partial charge in [-0.2, -0.15) is 0 Å². The van der Waals surface area contributed by atoms with Crippen LogP contribution in [0.2, 0.25) is 0 Å². The van der Waals surface area contributed by atoms with Crippen molar-refractivity contribution in [2.75, 3.05) is 25.1 Å². The fraction of sp³-hybridized carbons (Fsp3) is 0.452. The zero-order chi connectivity index (χ0) is 29.0. The van der Waals surface area contributed by atoms with E-state index in [-0.39, 0.29) is 11.8 Å². The number of amides is 1. The van der Waals surface area contributed by atoms with Crippen molar-refractivity contribution in [3.8, 4) is 5.75 Å². The average Bonchev–Trinajstić information content (AvgIpc) is 2.90. The highest BCUT2D eigenvalue weighted by Gasteiger charge is 2.29. The highest BCUT2D eigenvalue weighted by atomic mass is 19.1. The van der Waals surface area contributed by atoms with Gasteiger partial charge in [-0.25, -0.2) is 8.78 Å². The van der Waals surface area contributed by atoms with E-state index in [0.29, 0.717) is 29.5 Å². The van der Waals surface area contributed by atoms with Crippen molar-refractivity contribution in [1.82, 2.24) is 14.9 Å². The molecule has 4 rings (SSSR count). The number of benzene rings is 1. The molecule has 3 aromatic rings. The van der Waals surface area contributed by atoms with Gasteiger partial charge in [-0.3, -0.25) is 14.8 Å². The van der Waals surface area contributed by atoms with E-state index in [2.05, 4.69) is 26.7 Å².